The maximum Gasteiger partial charge on any atom is 0.305 e. The first kappa shape index (κ1) is 12.6. The molecule has 0 aliphatic rings. The molecule has 0 fully saturated rings. The van der Waals surface area contributed by atoms with Crippen LogP contribution in [-0.4, -0.2) is 13.1 Å². The van der Waals surface area contributed by atoms with Gasteiger partial charge in [0.15, 0.2) is 0 Å². The van der Waals surface area contributed by atoms with Crippen molar-refractivity contribution < 1.29 is 9.53 Å². The largest absolute Gasteiger partial charge is 0.469 e. The lowest BCUT2D eigenvalue weighted by Gasteiger charge is -2.14. The van der Waals surface area contributed by atoms with E-state index in [1.54, 1.807) is 0 Å². The SMILES string of the molecule is COC(=O)CC[C@H](N)c1cccc2ccccc12. The molecule has 3 nitrogen and oxygen atoms in total. The van der Waals surface area contributed by atoms with E-state index in [-0.39, 0.29) is 12.0 Å². The van der Waals surface area contributed by atoms with E-state index in [0.717, 1.165) is 10.9 Å². The molecule has 0 amide bonds. The average molecular weight is 243 g/mol. The maximum absolute atomic E-state index is 11.1. The van der Waals surface area contributed by atoms with Crippen LogP contribution in [0.2, 0.25) is 0 Å². The van der Waals surface area contributed by atoms with Gasteiger partial charge in [0.25, 0.3) is 0 Å². The minimum atomic E-state index is -0.217. The van der Waals surface area contributed by atoms with E-state index in [4.69, 9.17) is 5.73 Å². The lowest BCUT2D eigenvalue weighted by Crippen LogP contribution is -2.13. The summed E-state index contributed by atoms with van der Waals surface area (Å²) in [5, 5.41) is 2.32. The number of fused-ring (bicyclic) bond motifs is 1. The van der Waals surface area contributed by atoms with E-state index >= 15 is 0 Å². The lowest BCUT2D eigenvalue weighted by atomic mass is 9.96. The maximum atomic E-state index is 11.1. The zero-order valence-corrected chi connectivity index (χ0v) is 10.4. The predicted molar refractivity (Wildman–Crippen MR) is 72.1 cm³/mol. The van der Waals surface area contributed by atoms with E-state index in [9.17, 15) is 4.79 Å². The summed E-state index contributed by atoms with van der Waals surface area (Å²) in [5.74, 6) is -0.217. The van der Waals surface area contributed by atoms with Gasteiger partial charge >= 0.3 is 5.97 Å². The van der Waals surface area contributed by atoms with Crippen molar-refractivity contribution in [2.75, 3.05) is 7.11 Å². The number of methoxy groups -OCH3 is 1. The zero-order valence-electron chi connectivity index (χ0n) is 10.4. The molecular formula is C15H17NO2. The van der Waals surface area contributed by atoms with E-state index in [1.807, 2.05) is 24.3 Å². The Balaban J connectivity index is 2.22. The Labute approximate surface area is 107 Å². The van der Waals surface area contributed by atoms with Crippen molar-refractivity contribution in [2.45, 2.75) is 18.9 Å². The van der Waals surface area contributed by atoms with Gasteiger partial charge in [-0.3, -0.25) is 4.79 Å². The van der Waals surface area contributed by atoms with E-state index in [0.29, 0.717) is 12.8 Å². The summed E-state index contributed by atoms with van der Waals surface area (Å²) in [4.78, 5) is 11.1. The highest BCUT2D eigenvalue weighted by Gasteiger charge is 2.11. The molecule has 1 atom stereocenters. The predicted octanol–water partition coefficient (Wildman–Crippen LogP) is 2.79. The molecule has 0 bridgehead atoms. The summed E-state index contributed by atoms with van der Waals surface area (Å²) < 4.78 is 4.63. The quantitative estimate of drug-likeness (QED) is 0.840. The van der Waals surface area contributed by atoms with Crippen molar-refractivity contribution in [3.8, 4) is 0 Å². The number of hydrogen-bond acceptors (Lipinski definition) is 3. The van der Waals surface area contributed by atoms with Gasteiger partial charge in [0.1, 0.15) is 0 Å². The Morgan fingerprint density at radius 3 is 2.72 bits per heavy atom. The van der Waals surface area contributed by atoms with Gasteiger partial charge in [0.05, 0.1) is 7.11 Å². The normalized spacial score (nSPS) is 12.3. The van der Waals surface area contributed by atoms with Gasteiger partial charge in [-0.1, -0.05) is 42.5 Å². The van der Waals surface area contributed by atoms with Crippen LogP contribution in [-0.2, 0) is 9.53 Å². The van der Waals surface area contributed by atoms with E-state index in [1.165, 1.54) is 12.5 Å². The fourth-order valence-corrected chi connectivity index (χ4v) is 2.10. The molecule has 0 heterocycles. The van der Waals surface area contributed by atoms with Crippen LogP contribution in [0.4, 0.5) is 0 Å². The van der Waals surface area contributed by atoms with Crippen LogP contribution in [0.3, 0.4) is 0 Å². The third kappa shape index (κ3) is 2.68. The molecule has 0 aliphatic heterocycles. The van der Waals surface area contributed by atoms with Gasteiger partial charge in [0.2, 0.25) is 0 Å². The van der Waals surface area contributed by atoms with Gasteiger partial charge in [-0.2, -0.15) is 0 Å². The topological polar surface area (TPSA) is 52.3 Å². The van der Waals surface area contributed by atoms with Gasteiger partial charge in [0, 0.05) is 12.5 Å². The second-order valence-electron chi connectivity index (χ2n) is 4.29. The third-order valence-corrected chi connectivity index (χ3v) is 3.11. The number of carbonyl (C=O) groups is 1. The van der Waals surface area contributed by atoms with Gasteiger partial charge in [-0.15, -0.1) is 0 Å². The van der Waals surface area contributed by atoms with Crippen molar-refractivity contribution in [1.29, 1.82) is 0 Å². The van der Waals surface area contributed by atoms with Crippen LogP contribution in [0.25, 0.3) is 10.8 Å². The van der Waals surface area contributed by atoms with Gasteiger partial charge in [-0.25, -0.2) is 0 Å². The van der Waals surface area contributed by atoms with Crippen molar-refractivity contribution in [3.05, 3.63) is 48.0 Å². The summed E-state index contributed by atoms with van der Waals surface area (Å²) in [6, 6.07) is 14.1. The first-order valence-corrected chi connectivity index (χ1v) is 6.02. The Morgan fingerprint density at radius 2 is 1.94 bits per heavy atom. The van der Waals surface area contributed by atoms with Crippen molar-refractivity contribution in [2.24, 2.45) is 5.73 Å². The molecule has 0 saturated heterocycles. The van der Waals surface area contributed by atoms with Crippen molar-refractivity contribution in [3.63, 3.8) is 0 Å². The molecule has 0 unspecified atom stereocenters. The number of rotatable bonds is 4. The Bertz CT molecular complexity index is 546. The smallest absolute Gasteiger partial charge is 0.305 e. The molecule has 0 saturated carbocycles. The fourth-order valence-electron chi connectivity index (χ4n) is 2.10. The summed E-state index contributed by atoms with van der Waals surface area (Å²) in [7, 11) is 1.39. The second-order valence-corrected chi connectivity index (χ2v) is 4.29. The average Bonchev–Trinajstić information content (AvgIpc) is 2.43. The van der Waals surface area contributed by atoms with Crippen molar-refractivity contribution in [1.82, 2.24) is 0 Å². The van der Waals surface area contributed by atoms with Crippen LogP contribution >= 0.6 is 0 Å². The standard InChI is InChI=1S/C15H17NO2/c1-18-15(17)10-9-14(16)13-8-4-6-11-5-2-3-7-12(11)13/h2-8,14H,9-10,16H2,1H3/t14-/m0/s1. The summed E-state index contributed by atoms with van der Waals surface area (Å²) >= 11 is 0. The van der Waals surface area contributed by atoms with Crippen LogP contribution < -0.4 is 5.73 Å². The molecule has 0 spiro atoms. The molecule has 2 rings (SSSR count). The van der Waals surface area contributed by atoms with Gasteiger partial charge in [-0.05, 0) is 22.8 Å². The van der Waals surface area contributed by atoms with E-state index in [2.05, 4.69) is 22.9 Å². The summed E-state index contributed by atoms with van der Waals surface area (Å²) in [6.45, 7) is 0. The highest BCUT2D eigenvalue weighted by molar-refractivity contribution is 5.86. The molecule has 2 N–H and O–H groups in total. The number of hydrogen-bond donors (Lipinski definition) is 1. The molecule has 94 valence electrons. The van der Waals surface area contributed by atoms with E-state index < -0.39 is 0 Å². The summed E-state index contributed by atoms with van der Waals surface area (Å²) in [6.07, 6.45) is 0.946. The number of carbonyl (C=O) groups excluding carboxylic acids is 1. The second kappa shape index (κ2) is 5.65. The minimum Gasteiger partial charge on any atom is -0.469 e. The first-order chi connectivity index (χ1) is 8.72. The zero-order chi connectivity index (χ0) is 13.0. The number of nitrogens with two attached hydrogens (primary N) is 1. The highest BCUT2D eigenvalue weighted by Crippen LogP contribution is 2.25. The molecule has 3 heteroatoms. The first-order valence-electron chi connectivity index (χ1n) is 6.02. The molecule has 0 radical (unpaired) electrons. The van der Waals surface area contributed by atoms with Crippen molar-refractivity contribution >= 4 is 16.7 Å². The highest BCUT2D eigenvalue weighted by atomic mass is 16.5. The van der Waals surface area contributed by atoms with Gasteiger partial charge < -0.3 is 10.5 Å². The van der Waals surface area contributed by atoms with Crippen LogP contribution in [0.1, 0.15) is 24.4 Å². The van der Waals surface area contributed by atoms with Crippen LogP contribution in [0, 0.1) is 0 Å². The molecule has 18 heavy (non-hydrogen) atoms. The number of benzene rings is 2. The molecule has 0 aliphatic carbocycles. The minimum absolute atomic E-state index is 0.143. The molecule has 2 aromatic carbocycles. The van der Waals surface area contributed by atoms with Crippen LogP contribution in [0.5, 0.6) is 0 Å². The monoisotopic (exact) mass is 243 g/mol. The Morgan fingerprint density at radius 1 is 1.22 bits per heavy atom. The Hall–Kier alpha value is -1.87. The number of esters is 1. The molecule has 0 aromatic heterocycles. The molecule has 2 aromatic rings. The third-order valence-electron chi connectivity index (χ3n) is 3.11. The molecular weight excluding hydrogens is 226 g/mol. The number of ether oxygens (including phenoxy) is 1. The van der Waals surface area contributed by atoms with Crippen LogP contribution in [0.15, 0.2) is 42.5 Å². The lowest BCUT2D eigenvalue weighted by molar-refractivity contribution is -0.140. The fraction of sp³-hybridized carbons (Fsp3) is 0.267. The summed E-state index contributed by atoms with van der Waals surface area (Å²) in [5.41, 5.74) is 7.24. The Kier molecular flexibility index (Phi) is 3.95.